The zero-order valence-electron chi connectivity index (χ0n) is 20.1. The van der Waals surface area contributed by atoms with Gasteiger partial charge in [0.2, 0.25) is 5.91 Å². The monoisotopic (exact) mass is 499 g/mol. The minimum absolute atomic E-state index is 0.0916. The number of nitrogens with one attached hydrogen (secondary N) is 2. The summed E-state index contributed by atoms with van der Waals surface area (Å²) in [5.41, 5.74) is 2.58. The number of nitrogens with zero attached hydrogens (tertiary/aromatic N) is 1. The van der Waals surface area contributed by atoms with E-state index in [1.807, 2.05) is 54.6 Å². The molecule has 4 rings (SSSR count). The molecule has 0 aliphatic heterocycles. The number of carbonyl (C=O) groups is 3. The Hall–Kier alpha value is -4.92. The van der Waals surface area contributed by atoms with Gasteiger partial charge in [0.15, 0.2) is 12.4 Å². The van der Waals surface area contributed by atoms with Gasteiger partial charge in [-0.3, -0.25) is 14.4 Å². The molecule has 2 N–H and O–H groups in total. The summed E-state index contributed by atoms with van der Waals surface area (Å²) in [6.45, 7) is 1.20. The number of carbonyl (C=O) groups excluding carboxylic acids is 3. The summed E-state index contributed by atoms with van der Waals surface area (Å²) in [5, 5.41) is 8.78. The van der Waals surface area contributed by atoms with Crippen molar-refractivity contribution in [3.8, 4) is 22.6 Å². The predicted octanol–water partition coefficient (Wildman–Crippen LogP) is 5.34. The minimum Gasteiger partial charge on any atom is -0.457 e. The summed E-state index contributed by atoms with van der Waals surface area (Å²) < 4.78 is 15.8. The molecule has 1 aromatic heterocycles. The van der Waals surface area contributed by atoms with Gasteiger partial charge in [0.25, 0.3) is 5.91 Å². The molecule has 0 aliphatic rings. The van der Waals surface area contributed by atoms with E-state index in [2.05, 4.69) is 15.8 Å². The standard InChI is InChI=1S/C28H25N3O6/c1-19-17-25(31-37-19)30-27(33)18-35-28(34)16-15-26(32)29-21-11-13-22(14-12-21)36-24-10-6-5-9-23(24)20-7-3-2-4-8-20/h2-14,17H,15-16,18H2,1H3,(H,29,32)(H,30,31,33). The van der Waals surface area contributed by atoms with Gasteiger partial charge >= 0.3 is 5.97 Å². The molecule has 0 saturated heterocycles. The van der Waals surface area contributed by atoms with Crippen molar-refractivity contribution in [2.45, 2.75) is 19.8 Å². The van der Waals surface area contributed by atoms with Crippen molar-refractivity contribution in [3.63, 3.8) is 0 Å². The topological polar surface area (TPSA) is 120 Å². The minimum atomic E-state index is -0.664. The molecule has 2 amide bonds. The van der Waals surface area contributed by atoms with Gasteiger partial charge < -0.3 is 24.6 Å². The Balaban J connectivity index is 1.22. The maximum absolute atomic E-state index is 12.2. The molecule has 1 heterocycles. The third-order valence-corrected chi connectivity index (χ3v) is 5.15. The van der Waals surface area contributed by atoms with Crippen LogP contribution in [0.2, 0.25) is 0 Å². The normalized spacial score (nSPS) is 10.4. The lowest BCUT2D eigenvalue weighted by molar-refractivity contribution is -0.147. The van der Waals surface area contributed by atoms with Crippen molar-refractivity contribution >= 4 is 29.3 Å². The molecule has 0 radical (unpaired) electrons. The van der Waals surface area contributed by atoms with Crippen LogP contribution in [0.5, 0.6) is 11.5 Å². The van der Waals surface area contributed by atoms with Gasteiger partial charge in [-0.2, -0.15) is 0 Å². The largest absolute Gasteiger partial charge is 0.457 e. The molecule has 9 nitrogen and oxygen atoms in total. The summed E-state index contributed by atoms with van der Waals surface area (Å²) in [6.07, 6.45) is -0.259. The third kappa shape index (κ3) is 7.53. The van der Waals surface area contributed by atoms with Crippen LogP contribution in [0, 0.1) is 6.92 Å². The molecule has 0 aliphatic carbocycles. The van der Waals surface area contributed by atoms with Crippen LogP contribution in [0.1, 0.15) is 18.6 Å². The van der Waals surface area contributed by atoms with Crippen LogP contribution >= 0.6 is 0 Å². The quantitative estimate of drug-likeness (QED) is 0.283. The van der Waals surface area contributed by atoms with Gasteiger partial charge in [0, 0.05) is 23.7 Å². The molecule has 4 aromatic rings. The number of rotatable bonds is 10. The van der Waals surface area contributed by atoms with Crippen LogP contribution in [0.25, 0.3) is 11.1 Å². The number of hydrogen-bond acceptors (Lipinski definition) is 7. The van der Waals surface area contributed by atoms with E-state index in [1.165, 1.54) is 6.07 Å². The second kappa shape index (κ2) is 12.2. The molecule has 3 aromatic carbocycles. The Bertz CT molecular complexity index is 1370. The van der Waals surface area contributed by atoms with E-state index in [9.17, 15) is 14.4 Å². The van der Waals surface area contributed by atoms with Gasteiger partial charge in [-0.1, -0.05) is 53.7 Å². The fourth-order valence-electron chi connectivity index (χ4n) is 3.41. The average molecular weight is 500 g/mol. The number of ether oxygens (including phenoxy) is 2. The molecular weight excluding hydrogens is 474 g/mol. The second-order valence-electron chi connectivity index (χ2n) is 8.07. The summed E-state index contributed by atoms with van der Waals surface area (Å²) in [6, 6.07) is 26.2. The van der Waals surface area contributed by atoms with Crippen LogP contribution in [-0.2, 0) is 19.1 Å². The fraction of sp³-hybridized carbons (Fsp3) is 0.143. The Morgan fingerprint density at radius 2 is 1.57 bits per heavy atom. The molecular formula is C28H25N3O6. The first-order valence-electron chi connectivity index (χ1n) is 11.6. The van der Waals surface area contributed by atoms with Gasteiger partial charge in [0.1, 0.15) is 17.3 Å². The summed E-state index contributed by atoms with van der Waals surface area (Å²) >= 11 is 0. The lowest BCUT2D eigenvalue weighted by atomic mass is 10.1. The molecule has 0 saturated carbocycles. The number of esters is 1. The number of amides is 2. The molecule has 0 spiro atoms. The smallest absolute Gasteiger partial charge is 0.306 e. The molecule has 9 heteroatoms. The van der Waals surface area contributed by atoms with E-state index < -0.39 is 18.5 Å². The number of aromatic nitrogens is 1. The van der Waals surface area contributed by atoms with Crippen molar-refractivity contribution in [2.24, 2.45) is 0 Å². The highest BCUT2D eigenvalue weighted by molar-refractivity contribution is 5.94. The zero-order chi connectivity index (χ0) is 26.0. The summed E-state index contributed by atoms with van der Waals surface area (Å²) in [4.78, 5) is 35.9. The van der Waals surface area contributed by atoms with Gasteiger partial charge in [-0.25, -0.2) is 0 Å². The van der Waals surface area contributed by atoms with Crippen molar-refractivity contribution in [1.82, 2.24) is 5.16 Å². The summed E-state index contributed by atoms with van der Waals surface area (Å²) in [5.74, 6) is 0.520. The fourth-order valence-corrected chi connectivity index (χ4v) is 3.41. The van der Waals surface area contributed by atoms with Gasteiger partial charge in [-0.05, 0) is 42.8 Å². The lowest BCUT2D eigenvalue weighted by Crippen LogP contribution is -2.21. The Morgan fingerprint density at radius 3 is 2.30 bits per heavy atom. The van der Waals surface area contributed by atoms with Crippen molar-refractivity contribution in [2.75, 3.05) is 17.2 Å². The van der Waals surface area contributed by atoms with E-state index in [-0.39, 0.29) is 24.6 Å². The lowest BCUT2D eigenvalue weighted by Gasteiger charge is -2.12. The van der Waals surface area contributed by atoms with Crippen LogP contribution in [0.4, 0.5) is 11.5 Å². The molecule has 0 atom stereocenters. The number of benzene rings is 3. The first-order valence-corrected chi connectivity index (χ1v) is 11.6. The van der Waals surface area contributed by atoms with Crippen molar-refractivity contribution in [3.05, 3.63) is 90.7 Å². The van der Waals surface area contributed by atoms with Crippen LogP contribution in [-0.4, -0.2) is 29.5 Å². The van der Waals surface area contributed by atoms with E-state index in [0.29, 0.717) is 22.9 Å². The molecule has 0 fully saturated rings. The highest BCUT2D eigenvalue weighted by Crippen LogP contribution is 2.33. The van der Waals surface area contributed by atoms with Crippen LogP contribution in [0.3, 0.4) is 0 Å². The van der Waals surface area contributed by atoms with E-state index in [1.54, 1.807) is 31.2 Å². The highest BCUT2D eigenvalue weighted by atomic mass is 16.5. The van der Waals surface area contributed by atoms with E-state index in [0.717, 1.165) is 11.1 Å². The summed E-state index contributed by atoms with van der Waals surface area (Å²) in [7, 11) is 0. The van der Waals surface area contributed by atoms with Gasteiger partial charge in [-0.15, -0.1) is 0 Å². The van der Waals surface area contributed by atoms with Gasteiger partial charge in [0.05, 0.1) is 6.42 Å². The SMILES string of the molecule is Cc1cc(NC(=O)COC(=O)CCC(=O)Nc2ccc(Oc3ccccc3-c3ccccc3)cc2)no1. The number of para-hydroxylation sites is 1. The van der Waals surface area contributed by atoms with Crippen molar-refractivity contribution < 1.29 is 28.4 Å². The maximum atomic E-state index is 12.2. The maximum Gasteiger partial charge on any atom is 0.306 e. The first kappa shape index (κ1) is 25.2. The Kier molecular flexibility index (Phi) is 8.28. The van der Waals surface area contributed by atoms with Crippen LogP contribution < -0.4 is 15.4 Å². The first-order chi connectivity index (χ1) is 18.0. The third-order valence-electron chi connectivity index (χ3n) is 5.15. The predicted molar refractivity (Wildman–Crippen MR) is 137 cm³/mol. The number of aryl methyl sites for hydroxylation is 1. The molecule has 0 unspecified atom stereocenters. The molecule has 188 valence electrons. The zero-order valence-corrected chi connectivity index (χ0v) is 20.1. The highest BCUT2D eigenvalue weighted by Gasteiger charge is 2.12. The Morgan fingerprint density at radius 1 is 0.838 bits per heavy atom. The average Bonchev–Trinajstić information content (AvgIpc) is 3.32. The van der Waals surface area contributed by atoms with Crippen molar-refractivity contribution in [1.29, 1.82) is 0 Å². The number of anilines is 2. The van der Waals surface area contributed by atoms with E-state index >= 15 is 0 Å². The molecule has 0 bridgehead atoms. The Labute approximate surface area is 213 Å². The van der Waals surface area contributed by atoms with Crippen LogP contribution in [0.15, 0.2) is 89.5 Å². The second-order valence-corrected chi connectivity index (χ2v) is 8.07. The number of hydrogen-bond donors (Lipinski definition) is 2. The van der Waals surface area contributed by atoms with E-state index in [4.69, 9.17) is 14.0 Å². The molecule has 37 heavy (non-hydrogen) atoms.